The van der Waals surface area contributed by atoms with E-state index in [1.54, 1.807) is 0 Å². The van der Waals surface area contributed by atoms with Gasteiger partial charge >= 0.3 is 0 Å². The highest BCUT2D eigenvalue weighted by molar-refractivity contribution is 5.46. The van der Waals surface area contributed by atoms with E-state index in [0.717, 1.165) is 48.7 Å². The molecule has 26 heavy (non-hydrogen) atoms. The second kappa shape index (κ2) is 9.06. The Kier molecular flexibility index (Phi) is 6.53. The Bertz CT molecular complexity index is 689. The summed E-state index contributed by atoms with van der Waals surface area (Å²) >= 11 is 0. The lowest BCUT2D eigenvalue weighted by atomic mass is 10.0. The maximum atomic E-state index is 6.52. The van der Waals surface area contributed by atoms with Gasteiger partial charge in [-0.05, 0) is 37.6 Å². The topological polar surface area (TPSA) is 30.9 Å². The van der Waals surface area contributed by atoms with E-state index in [9.17, 15) is 0 Å². The molecule has 0 saturated carbocycles. The fourth-order valence-electron chi connectivity index (χ4n) is 3.24. The molecule has 140 valence electrons. The molecule has 0 spiro atoms. The fraction of sp³-hybridized carbons (Fsp3) is 0.455. The van der Waals surface area contributed by atoms with Crippen LogP contribution >= 0.6 is 0 Å². The second-order valence-electron chi connectivity index (χ2n) is 6.87. The van der Waals surface area contributed by atoms with Gasteiger partial charge in [-0.2, -0.15) is 0 Å². The molecule has 1 aliphatic heterocycles. The van der Waals surface area contributed by atoms with Gasteiger partial charge in [0.15, 0.2) is 17.6 Å². The number of hydrogen-bond donors (Lipinski definition) is 0. The Morgan fingerprint density at radius 2 is 1.96 bits per heavy atom. The third-order valence-corrected chi connectivity index (χ3v) is 4.64. The van der Waals surface area contributed by atoms with Gasteiger partial charge in [0.2, 0.25) is 0 Å². The van der Waals surface area contributed by atoms with Crippen LogP contribution < -0.4 is 9.47 Å². The standard InChI is InChI=1S/C22H29NO3/c1-4-14-25-21-17(2)9-8-12-19(21)26-22(18-10-6-5-7-11-18)20-16-23(3)13-15-24-20/h5-12,20,22H,4,13-16H2,1-3H3. The van der Waals surface area contributed by atoms with Gasteiger partial charge in [-0.1, -0.05) is 49.4 Å². The minimum atomic E-state index is -0.176. The van der Waals surface area contributed by atoms with Gasteiger partial charge in [0.05, 0.1) is 13.2 Å². The van der Waals surface area contributed by atoms with Gasteiger partial charge in [0.25, 0.3) is 0 Å². The van der Waals surface area contributed by atoms with Gasteiger partial charge in [-0.3, -0.25) is 0 Å². The van der Waals surface area contributed by atoms with E-state index in [1.807, 2.05) is 30.3 Å². The summed E-state index contributed by atoms with van der Waals surface area (Å²) in [4.78, 5) is 2.29. The second-order valence-corrected chi connectivity index (χ2v) is 6.87. The van der Waals surface area contributed by atoms with Crippen molar-refractivity contribution < 1.29 is 14.2 Å². The van der Waals surface area contributed by atoms with Crippen molar-refractivity contribution >= 4 is 0 Å². The molecular weight excluding hydrogens is 326 g/mol. The van der Waals surface area contributed by atoms with E-state index in [0.29, 0.717) is 6.61 Å². The summed E-state index contributed by atoms with van der Waals surface area (Å²) in [5.41, 5.74) is 2.21. The number of benzene rings is 2. The maximum Gasteiger partial charge on any atom is 0.164 e. The summed E-state index contributed by atoms with van der Waals surface area (Å²) in [7, 11) is 2.13. The van der Waals surface area contributed by atoms with Crippen LogP contribution in [0.25, 0.3) is 0 Å². The van der Waals surface area contributed by atoms with Crippen LogP contribution in [-0.2, 0) is 4.74 Å². The zero-order valence-corrected chi connectivity index (χ0v) is 16.0. The van der Waals surface area contributed by atoms with Gasteiger partial charge in [0.1, 0.15) is 6.10 Å². The fourth-order valence-corrected chi connectivity index (χ4v) is 3.24. The summed E-state index contributed by atoms with van der Waals surface area (Å²) in [6.07, 6.45) is 0.771. The lowest BCUT2D eigenvalue weighted by Crippen LogP contribution is -2.44. The SMILES string of the molecule is CCCOc1c(C)cccc1OC(c1ccccc1)C1CN(C)CCO1. The molecule has 4 heteroatoms. The molecule has 2 atom stereocenters. The molecule has 1 aliphatic rings. The zero-order chi connectivity index (χ0) is 18.4. The summed E-state index contributed by atoms with van der Waals surface area (Å²) in [5.74, 6) is 1.61. The molecule has 0 radical (unpaired) electrons. The number of ether oxygens (including phenoxy) is 3. The number of rotatable bonds is 7. The number of aryl methyl sites for hydroxylation is 1. The van der Waals surface area contributed by atoms with Crippen molar-refractivity contribution in [2.24, 2.45) is 0 Å². The molecule has 4 nitrogen and oxygen atoms in total. The number of para-hydroxylation sites is 1. The summed E-state index contributed by atoms with van der Waals surface area (Å²) in [5, 5.41) is 0. The minimum absolute atomic E-state index is 0.0179. The van der Waals surface area contributed by atoms with Gasteiger partial charge in [0, 0.05) is 13.1 Å². The zero-order valence-electron chi connectivity index (χ0n) is 16.0. The quantitative estimate of drug-likeness (QED) is 0.743. The number of hydrogen-bond acceptors (Lipinski definition) is 4. The average molecular weight is 355 g/mol. The van der Waals surface area contributed by atoms with Crippen LogP contribution in [-0.4, -0.2) is 44.4 Å². The Morgan fingerprint density at radius 3 is 2.69 bits per heavy atom. The molecule has 0 aromatic heterocycles. The van der Waals surface area contributed by atoms with Crippen molar-refractivity contribution in [2.45, 2.75) is 32.5 Å². The highest BCUT2D eigenvalue weighted by atomic mass is 16.6. The first-order chi connectivity index (χ1) is 12.7. The average Bonchev–Trinajstić information content (AvgIpc) is 2.66. The van der Waals surface area contributed by atoms with Crippen LogP contribution in [0.5, 0.6) is 11.5 Å². The first kappa shape index (κ1) is 18.7. The van der Waals surface area contributed by atoms with Gasteiger partial charge in [-0.15, -0.1) is 0 Å². The van der Waals surface area contributed by atoms with Crippen LogP contribution in [0.15, 0.2) is 48.5 Å². The Hall–Kier alpha value is -2.04. The molecular formula is C22H29NO3. The third-order valence-electron chi connectivity index (χ3n) is 4.64. The van der Waals surface area contributed by atoms with Crippen LogP contribution in [0, 0.1) is 6.92 Å². The molecule has 2 aromatic rings. The van der Waals surface area contributed by atoms with Crippen molar-refractivity contribution in [1.29, 1.82) is 0 Å². The molecule has 2 aromatic carbocycles. The summed E-state index contributed by atoms with van der Waals surface area (Å²) in [6.45, 7) is 7.36. The third kappa shape index (κ3) is 4.57. The molecule has 0 bridgehead atoms. The first-order valence-electron chi connectivity index (χ1n) is 9.43. The van der Waals surface area contributed by atoms with E-state index in [-0.39, 0.29) is 12.2 Å². The largest absolute Gasteiger partial charge is 0.489 e. The Labute approximate surface area is 156 Å². The van der Waals surface area contributed by atoms with Crippen molar-refractivity contribution in [1.82, 2.24) is 4.90 Å². The maximum absolute atomic E-state index is 6.52. The molecule has 1 fully saturated rings. The van der Waals surface area contributed by atoms with E-state index >= 15 is 0 Å². The molecule has 3 rings (SSSR count). The van der Waals surface area contributed by atoms with E-state index < -0.39 is 0 Å². The van der Waals surface area contributed by atoms with Gasteiger partial charge < -0.3 is 19.1 Å². The normalized spacial score (nSPS) is 19.1. The molecule has 2 unspecified atom stereocenters. The monoisotopic (exact) mass is 355 g/mol. The number of nitrogens with zero attached hydrogens (tertiary/aromatic N) is 1. The van der Waals surface area contributed by atoms with Crippen molar-refractivity contribution in [2.75, 3.05) is 33.4 Å². The smallest absolute Gasteiger partial charge is 0.164 e. The lowest BCUT2D eigenvalue weighted by molar-refractivity contribution is -0.0764. The first-order valence-corrected chi connectivity index (χ1v) is 9.43. The highest BCUT2D eigenvalue weighted by Gasteiger charge is 2.30. The Balaban J connectivity index is 1.90. The van der Waals surface area contributed by atoms with E-state index in [4.69, 9.17) is 14.2 Å². The van der Waals surface area contributed by atoms with Crippen molar-refractivity contribution in [3.63, 3.8) is 0 Å². The summed E-state index contributed by atoms with van der Waals surface area (Å²) < 4.78 is 18.6. The highest BCUT2D eigenvalue weighted by Crippen LogP contribution is 2.36. The van der Waals surface area contributed by atoms with E-state index in [1.165, 1.54) is 0 Å². The molecule has 0 amide bonds. The molecule has 0 N–H and O–H groups in total. The minimum Gasteiger partial charge on any atom is -0.489 e. The molecule has 1 heterocycles. The van der Waals surface area contributed by atoms with Crippen molar-refractivity contribution in [3.05, 3.63) is 59.7 Å². The Morgan fingerprint density at radius 1 is 1.15 bits per heavy atom. The predicted octanol–water partition coefficient (Wildman–Crippen LogP) is 4.23. The molecule has 1 saturated heterocycles. The molecule has 0 aliphatic carbocycles. The van der Waals surface area contributed by atoms with E-state index in [2.05, 4.69) is 44.0 Å². The van der Waals surface area contributed by atoms with Crippen LogP contribution in [0.1, 0.15) is 30.6 Å². The van der Waals surface area contributed by atoms with Gasteiger partial charge in [-0.25, -0.2) is 0 Å². The van der Waals surface area contributed by atoms with Crippen LogP contribution in [0.3, 0.4) is 0 Å². The number of morpholine rings is 1. The van der Waals surface area contributed by atoms with Crippen molar-refractivity contribution in [3.8, 4) is 11.5 Å². The number of likely N-dealkylation sites (N-methyl/N-ethyl adjacent to an activating group) is 1. The lowest BCUT2D eigenvalue weighted by Gasteiger charge is -2.35. The van der Waals surface area contributed by atoms with Crippen LogP contribution in [0.2, 0.25) is 0 Å². The van der Waals surface area contributed by atoms with Crippen LogP contribution in [0.4, 0.5) is 0 Å². The predicted molar refractivity (Wildman–Crippen MR) is 104 cm³/mol. The summed E-state index contributed by atoms with van der Waals surface area (Å²) in [6, 6.07) is 16.4.